The number of nitrogens with zero attached hydrogens (tertiary/aromatic N) is 4. The molecule has 0 unspecified atom stereocenters. The first-order chi connectivity index (χ1) is 11.8. The van der Waals surface area contributed by atoms with E-state index in [1.165, 1.54) is 0 Å². The Kier molecular flexibility index (Phi) is 4.42. The third-order valence-electron chi connectivity index (χ3n) is 4.72. The van der Waals surface area contributed by atoms with E-state index in [0.29, 0.717) is 25.3 Å². The number of aromatic nitrogens is 2. The second-order valence-electron chi connectivity index (χ2n) is 6.64. The van der Waals surface area contributed by atoms with Crippen LogP contribution in [0.5, 0.6) is 0 Å². The SMILES string of the molecule is CC[C@]1(C)NC(=O)N(NC(=O)CN2CCc3cnc(C)nc3C2)C1=O. The van der Waals surface area contributed by atoms with Crippen molar-refractivity contribution in [1.82, 2.24) is 30.6 Å². The zero-order valence-electron chi connectivity index (χ0n) is 14.6. The summed E-state index contributed by atoms with van der Waals surface area (Å²) >= 11 is 0. The Morgan fingerprint density at radius 2 is 2.20 bits per heavy atom. The molecule has 0 aliphatic carbocycles. The molecule has 9 nitrogen and oxygen atoms in total. The summed E-state index contributed by atoms with van der Waals surface area (Å²) in [6.07, 6.45) is 3.04. The number of rotatable bonds is 4. The summed E-state index contributed by atoms with van der Waals surface area (Å²) < 4.78 is 0. The molecule has 0 spiro atoms. The summed E-state index contributed by atoms with van der Waals surface area (Å²) in [5.74, 6) is -0.151. The lowest BCUT2D eigenvalue weighted by atomic mass is 10.00. The normalized spacial score (nSPS) is 23.4. The number of hydrazine groups is 1. The number of carbonyl (C=O) groups is 3. The molecule has 3 heterocycles. The van der Waals surface area contributed by atoms with Crippen LogP contribution in [-0.4, -0.2) is 56.4 Å². The predicted molar refractivity (Wildman–Crippen MR) is 88.0 cm³/mol. The Bertz CT molecular complexity index is 737. The van der Waals surface area contributed by atoms with E-state index in [-0.39, 0.29) is 6.54 Å². The molecular weight excluding hydrogens is 324 g/mol. The Morgan fingerprint density at radius 3 is 2.88 bits per heavy atom. The van der Waals surface area contributed by atoms with Gasteiger partial charge in [0.2, 0.25) is 0 Å². The van der Waals surface area contributed by atoms with Crippen molar-refractivity contribution in [2.75, 3.05) is 13.1 Å². The summed E-state index contributed by atoms with van der Waals surface area (Å²) in [5.41, 5.74) is 3.45. The fourth-order valence-electron chi connectivity index (χ4n) is 2.98. The van der Waals surface area contributed by atoms with Crippen LogP contribution >= 0.6 is 0 Å². The summed E-state index contributed by atoms with van der Waals surface area (Å²) in [7, 11) is 0. The Hall–Kier alpha value is -2.55. The fraction of sp³-hybridized carbons (Fsp3) is 0.562. The fourth-order valence-corrected chi connectivity index (χ4v) is 2.98. The van der Waals surface area contributed by atoms with Gasteiger partial charge in [0, 0.05) is 19.3 Å². The minimum Gasteiger partial charge on any atom is -0.322 e. The maximum Gasteiger partial charge on any atom is 0.344 e. The summed E-state index contributed by atoms with van der Waals surface area (Å²) in [5, 5.41) is 3.37. The van der Waals surface area contributed by atoms with Crippen molar-refractivity contribution in [3.63, 3.8) is 0 Å². The molecule has 1 aromatic rings. The van der Waals surface area contributed by atoms with Crippen molar-refractivity contribution < 1.29 is 14.4 Å². The molecule has 0 bridgehead atoms. The molecule has 1 aromatic heterocycles. The number of hydrogen-bond donors (Lipinski definition) is 2. The number of nitrogens with one attached hydrogen (secondary N) is 2. The first-order valence-corrected chi connectivity index (χ1v) is 8.32. The molecule has 2 N–H and O–H groups in total. The summed E-state index contributed by atoms with van der Waals surface area (Å²) in [4.78, 5) is 47.0. The van der Waals surface area contributed by atoms with Crippen LogP contribution in [0.1, 0.15) is 37.4 Å². The first-order valence-electron chi connectivity index (χ1n) is 8.32. The molecule has 0 radical (unpaired) electrons. The van der Waals surface area contributed by atoms with Crippen LogP contribution in [0.15, 0.2) is 6.20 Å². The molecule has 134 valence electrons. The number of amides is 4. The van der Waals surface area contributed by atoms with E-state index < -0.39 is 23.4 Å². The van der Waals surface area contributed by atoms with Crippen LogP contribution in [0.3, 0.4) is 0 Å². The smallest absolute Gasteiger partial charge is 0.322 e. The van der Waals surface area contributed by atoms with Gasteiger partial charge in [-0.05, 0) is 32.3 Å². The maximum absolute atomic E-state index is 12.3. The van der Waals surface area contributed by atoms with Crippen molar-refractivity contribution >= 4 is 17.8 Å². The topological polar surface area (TPSA) is 108 Å². The minimum atomic E-state index is -0.969. The Balaban J connectivity index is 1.60. The highest BCUT2D eigenvalue weighted by molar-refractivity contribution is 6.07. The lowest BCUT2D eigenvalue weighted by Gasteiger charge is -2.27. The van der Waals surface area contributed by atoms with Gasteiger partial charge < -0.3 is 5.32 Å². The van der Waals surface area contributed by atoms with Crippen LogP contribution in [0.2, 0.25) is 0 Å². The van der Waals surface area contributed by atoms with Crippen molar-refractivity contribution in [3.8, 4) is 0 Å². The molecule has 25 heavy (non-hydrogen) atoms. The molecule has 3 rings (SSSR count). The van der Waals surface area contributed by atoms with Crippen LogP contribution in [-0.2, 0) is 22.6 Å². The number of carbonyl (C=O) groups excluding carboxylic acids is 3. The highest BCUT2D eigenvalue weighted by atomic mass is 16.2. The van der Waals surface area contributed by atoms with Crippen molar-refractivity contribution in [3.05, 3.63) is 23.3 Å². The molecule has 2 aliphatic rings. The van der Waals surface area contributed by atoms with Gasteiger partial charge >= 0.3 is 6.03 Å². The van der Waals surface area contributed by atoms with E-state index in [4.69, 9.17) is 0 Å². The number of fused-ring (bicyclic) bond motifs is 1. The zero-order chi connectivity index (χ0) is 18.2. The second-order valence-corrected chi connectivity index (χ2v) is 6.64. The minimum absolute atomic E-state index is 0.0857. The summed E-state index contributed by atoms with van der Waals surface area (Å²) in [6, 6.07) is -0.602. The van der Waals surface area contributed by atoms with Gasteiger partial charge in [-0.2, -0.15) is 5.01 Å². The van der Waals surface area contributed by atoms with Crippen molar-refractivity contribution in [2.24, 2.45) is 0 Å². The van der Waals surface area contributed by atoms with E-state index in [2.05, 4.69) is 20.7 Å². The van der Waals surface area contributed by atoms with E-state index in [1.54, 1.807) is 13.8 Å². The third-order valence-corrected chi connectivity index (χ3v) is 4.72. The number of aryl methyl sites for hydroxylation is 1. The first kappa shape index (κ1) is 17.3. The van der Waals surface area contributed by atoms with E-state index >= 15 is 0 Å². The number of hydrogen-bond acceptors (Lipinski definition) is 6. The van der Waals surface area contributed by atoms with E-state index in [1.807, 2.05) is 18.0 Å². The number of urea groups is 1. The van der Waals surface area contributed by atoms with Gasteiger partial charge in [-0.15, -0.1) is 0 Å². The van der Waals surface area contributed by atoms with Gasteiger partial charge in [-0.3, -0.25) is 19.9 Å². The standard InChI is InChI=1S/C16H22N6O3/c1-4-16(3)14(24)22(15(25)19-16)20-13(23)9-21-6-5-11-7-17-10(2)18-12(11)8-21/h7H,4-6,8-9H2,1-3H3,(H,19,25)(H,20,23)/t16-/m0/s1. The highest BCUT2D eigenvalue weighted by Gasteiger charge is 2.47. The largest absolute Gasteiger partial charge is 0.344 e. The molecule has 4 amide bonds. The zero-order valence-corrected chi connectivity index (χ0v) is 14.6. The molecular formula is C16H22N6O3. The Morgan fingerprint density at radius 1 is 1.44 bits per heavy atom. The lowest BCUT2D eigenvalue weighted by Crippen LogP contribution is -2.51. The van der Waals surface area contributed by atoms with Gasteiger partial charge in [-0.25, -0.2) is 14.8 Å². The van der Waals surface area contributed by atoms with Crippen molar-refractivity contribution in [1.29, 1.82) is 0 Å². The lowest BCUT2D eigenvalue weighted by molar-refractivity contribution is -0.139. The van der Waals surface area contributed by atoms with Crippen LogP contribution < -0.4 is 10.7 Å². The molecule has 2 aliphatic heterocycles. The average molecular weight is 346 g/mol. The quantitative estimate of drug-likeness (QED) is 0.737. The van der Waals surface area contributed by atoms with Crippen LogP contribution in [0.25, 0.3) is 0 Å². The van der Waals surface area contributed by atoms with Crippen LogP contribution in [0.4, 0.5) is 4.79 Å². The molecule has 9 heteroatoms. The summed E-state index contributed by atoms with van der Waals surface area (Å²) in [6.45, 7) is 6.59. The average Bonchev–Trinajstić information content (AvgIpc) is 2.78. The second kappa shape index (κ2) is 6.40. The maximum atomic E-state index is 12.3. The molecule has 1 saturated heterocycles. The van der Waals surface area contributed by atoms with Crippen molar-refractivity contribution in [2.45, 2.75) is 45.7 Å². The van der Waals surface area contributed by atoms with Gasteiger partial charge in [0.25, 0.3) is 11.8 Å². The van der Waals surface area contributed by atoms with Gasteiger partial charge in [-0.1, -0.05) is 6.92 Å². The number of imide groups is 1. The molecule has 0 saturated carbocycles. The van der Waals surface area contributed by atoms with Gasteiger partial charge in [0.1, 0.15) is 11.4 Å². The third kappa shape index (κ3) is 3.32. The monoisotopic (exact) mass is 346 g/mol. The van der Waals surface area contributed by atoms with Gasteiger partial charge in [0.15, 0.2) is 0 Å². The highest BCUT2D eigenvalue weighted by Crippen LogP contribution is 2.19. The van der Waals surface area contributed by atoms with E-state index in [0.717, 1.165) is 22.7 Å². The molecule has 1 fully saturated rings. The van der Waals surface area contributed by atoms with E-state index in [9.17, 15) is 14.4 Å². The molecule has 0 aromatic carbocycles. The van der Waals surface area contributed by atoms with Crippen LogP contribution in [0, 0.1) is 6.92 Å². The molecule has 1 atom stereocenters. The predicted octanol–water partition coefficient (Wildman–Crippen LogP) is -0.105. The van der Waals surface area contributed by atoms with Gasteiger partial charge in [0.05, 0.1) is 12.2 Å². The Labute approximate surface area is 145 Å².